The summed E-state index contributed by atoms with van der Waals surface area (Å²) in [4.78, 5) is 24.4. The van der Waals surface area contributed by atoms with Gasteiger partial charge < -0.3 is 15.6 Å². The van der Waals surface area contributed by atoms with E-state index in [1.807, 2.05) is 0 Å². The number of amides is 1. The number of hydrogen-bond donors (Lipinski definition) is 3. The van der Waals surface area contributed by atoms with Crippen LogP contribution in [0.1, 0.15) is 5.69 Å². The first-order valence-electron chi connectivity index (χ1n) is 3.82. The number of carbonyl (C=O) groups excluding carboxylic acids is 1. The van der Waals surface area contributed by atoms with Gasteiger partial charge in [-0.15, -0.1) is 0 Å². The molecule has 0 aliphatic heterocycles. The molecule has 0 saturated carbocycles. The predicted octanol–water partition coefficient (Wildman–Crippen LogP) is -0.0872. The fraction of sp³-hybridized carbons (Fsp3) is 0. The molecule has 1 aromatic rings. The van der Waals surface area contributed by atoms with Gasteiger partial charge in [0.05, 0.1) is 0 Å². The van der Waals surface area contributed by atoms with E-state index in [-0.39, 0.29) is 11.5 Å². The zero-order valence-corrected chi connectivity index (χ0v) is 7.41. The normalized spacial score (nSPS) is 10.8. The molecule has 1 heterocycles. The lowest BCUT2D eigenvalue weighted by molar-refractivity contribution is -0.129. The largest absolute Gasteiger partial charge is 0.476 e. The van der Waals surface area contributed by atoms with Crippen molar-refractivity contribution >= 4 is 23.9 Å². The van der Waals surface area contributed by atoms with E-state index >= 15 is 0 Å². The Morgan fingerprint density at radius 2 is 2.27 bits per heavy atom. The molecule has 78 valence electrons. The predicted molar refractivity (Wildman–Crippen MR) is 49.9 cm³/mol. The van der Waals surface area contributed by atoms with E-state index in [9.17, 15) is 9.59 Å². The van der Waals surface area contributed by atoms with Crippen molar-refractivity contribution in [3.8, 4) is 0 Å². The summed E-state index contributed by atoms with van der Waals surface area (Å²) in [5, 5.41) is 21.9. The van der Waals surface area contributed by atoms with Crippen LogP contribution in [-0.2, 0) is 9.59 Å². The Labute approximate surface area is 84.1 Å². The molecule has 1 rings (SSSR count). The van der Waals surface area contributed by atoms with Crippen LogP contribution < -0.4 is 5.32 Å². The molecule has 0 aliphatic rings. The summed E-state index contributed by atoms with van der Waals surface area (Å²) in [6, 6.07) is 4.29. The lowest BCUT2D eigenvalue weighted by atomic mass is 10.2. The Kier molecular flexibility index (Phi) is 3.33. The molecule has 1 aromatic heterocycles. The molecule has 3 N–H and O–H groups in total. The van der Waals surface area contributed by atoms with Gasteiger partial charge in [0.1, 0.15) is 11.5 Å². The molecule has 0 aliphatic carbocycles. The minimum Gasteiger partial charge on any atom is -0.476 e. The zero-order valence-electron chi connectivity index (χ0n) is 7.41. The Balaban J connectivity index is 3.09. The SMILES string of the molecule is O=CNc1cccc(/C(=N/O)C(=O)O)n1. The second-order valence-electron chi connectivity index (χ2n) is 2.42. The van der Waals surface area contributed by atoms with E-state index in [2.05, 4.69) is 15.5 Å². The Bertz CT molecular complexity index is 416. The topological polar surface area (TPSA) is 112 Å². The van der Waals surface area contributed by atoms with Crippen LogP contribution in [0.2, 0.25) is 0 Å². The number of aliphatic carboxylic acids is 1. The van der Waals surface area contributed by atoms with Crippen molar-refractivity contribution in [3.05, 3.63) is 23.9 Å². The summed E-state index contributed by atoms with van der Waals surface area (Å²) in [6.07, 6.45) is 0.405. The van der Waals surface area contributed by atoms with Gasteiger partial charge >= 0.3 is 5.97 Å². The van der Waals surface area contributed by atoms with Crippen molar-refractivity contribution in [2.75, 3.05) is 5.32 Å². The Morgan fingerprint density at radius 3 is 2.80 bits per heavy atom. The number of aromatic nitrogens is 1. The van der Waals surface area contributed by atoms with Crippen molar-refractivity contribution in [3.63, 3.8) is 0 Å². The summed E-state index contributed by atoms with van der Waals surface area (Å²) < 4.78 is 0. The lowest BCUT2D eigenvalue weighted by Gasteiger charge is -2.01. The van der Waals surface area contributed by atoms with Gasteiger partial charge in [0.15, 0.2) is 0 Å². The molecule has 0 unspecified atom stereocenters. The standard InChI is InChI=1S/C8H7N3O4/c12-4-9-6-3-1-2-5(10-6)7(11-15)8(13)14/h1-4,15H,(H,13,14)(H,9,10,12)/b11-7-. The molecule has 0 fully saturated rings. The summed E-state index contributed by atoms with van der Waals surface area (Å²) in [7, 11) is 0. The molecule has 0 spiro atoms. The first-order chi connectivity index (χ1) is 7.19. The quantitative estimate of drug-likeness (QED) is 0.278. The first kappa shape index (κ1) is 10.6. The number of rotatable bonds is 4. The fourth-order valence-corrected chi connectivity index (χ4v) is 0.911. The summed E-state index contributed by atoms with van der Waals surface area (Å²) in [5.41, 5.74) is -0.638. The third-order valence-corrected chi connectivity index (χ3v) is 1.50. The summed E-state index contributed by atoms with van der Waals surface area (Å²) >= 11 is 0. The molecule has 0 atom stereocenters. The summed E-state index contributed by atoms with van der Waals surface area (Å²) in [6.45, 7) is 0. The van der Waals surface area contributed by atoms with Crippen LogP contribution >= 0.6 is 0 Å². The number of nitrogens with zero attached hydrogens (tertiary/aromatic N) is 2. The van der Waals surface area contributed by atoms with Crippen LogP contribution in [0.25, 0.3) is 0 Å². The van der Waals surface area contributed by atoms with E-state index in [4.69, 9.17) is 10.3 Å². The van der Waals surface area contributed by atoms with Crippen molar-refractivity contribution in [2.24, 2.45) is 5.16 Å². The maximum atomic E-state index is 10.6. The molecule has 0 radical (unpaired) electrons. The molecule has 7 nitrogen and oxygen atoms in total. The third-order valence-electron chi connectivity index (χ3n) is 1.50. The van der Waals surface area contributed by atoms with Gasteiger partial charge in [0, 0.05) is 0 Å². The molecule has 7 heteroatoms. The minimum absolute atomic E-state index is 0.0446. The molecule has 15 heavy (non-hydrogen) atoms. The highest BCUT2D eigenvalue weighted by Gasteiger charge is 2.14. The van der Waals surface area contributed by atoms with Gasteiger partial charge in [-0.1, -0.05) is 11.2 Å². The van der Waals surface area contributed by atoms with Crippen molar-refractivity contribution in [1.82, 2.24) is 4.98 Å². The van der Waals surface area contributed by atoms with Crippen LogP contribution in [0.15, 0.2) is 23.4 Å². The highest BCUT2D eigenvalue weighted by Crippen LogP contribution is 2.05. The van der Waals surface area contributed by atoms with Crippen LogP contribution in [-0.4, -0.2) is 33.4 Å². The molecule has 0 bridgehead atoms. The summed E-state index contributed by atoms with van der Waals surface area (Å²) in [5.74, 6) is -1.24. The first-order valence-corrected chi connectivity index (χ1v) is 3.82. The lowest BCUT2D eigenvalue weighted by Crippen LogP contribution is -2.16. The number of hydrogen-bond acceptors (Lipinski definition) is 5. The number of carboxylic acids is 1. The Hall–Kier alpha value is -2.44. The number of anilines is 1. The molecule has 0 aromatic carbocycles. The Morgan fingerprint density at radius 1 is 1.53 bits per heavy atom. The average molecular weight is 209 g/mol. The van der Waals surface area contributed by atoms with E-state index < -0.39 is 11.7 Å². The van der Waals surface area contributed by atoms with Gasteiger partial charge in [-0.05, 0) is 12.1 Å². The van der Waals surface area contributed by atoms with Crippen molar-refractivity contribution in [2.45, 2.75) is 0 Å². The van der Waals surface area contributed by atoms with Crippen LogP contribution in [0.3, 0.4) is 0 Å². The average Bonchev–Trinajstić information content (AvgIpc) is 2.19. The molecular weight excluding hydrogens is 202 g/mol. The van der Waals surface area contributed by atoms with Gasteiger partial charge in [-0.2, -0.15) is 0 Å². The van der Waals surface area contributed by atoms with E-state index in [1.54, 1.807) is 0 Å². The number of carboxylic acid groups (broad SMARTS) is 1. The number of oxime groups is 1. The monoisotopic (exact) mass is 209 g/mol. The highest BCUT2D eigenvalue weighted by molar-refractivity contribution is 6.41. The number of carbonyl (C=O) groups is 2. The smallest absolute Gasteiger partial charge is 0.360 e. The third kappa shape index (κ3) is 2.50. The van der Waals surface area contributed by atoms with Gasteiger partial charge in [-0.3, -0.25) is 4.79 Å². The number of pyridine rings is 1. The van der Waals surface area contributed by atoms with E-state index in [0.29, 0.717) is 6.41 Å². The van der Waals surface area contributed by atoms with Crippen LogP contribution in [0, 0.1) is 0 Å². The maximum Gasteiger partial charge on any atom is 0.360 e. The van der Waals surface area contributed by atoms with Gasteiger partial charge in [0.25, 0.3) is 0 Å². The van der Waals surface area contributed by atoms with E-state index in [0.717, 1.165) is 0 Å². The van der Waals surface area contributed by atoms with Crippen molar-refractivity contribution in [1.29, 1.82) is 0 Å². The molecule has 0 saturated heterocycles. The fourth-order valence-electron chi connectivity index (χ4n) is 0.911. The van der Waals surface area contributed by atoms with E-state index in [1.165, 1.54) is 18.2 Å². The van der Waals surface area contributed by atoms with Crippen LogP contribution in [0.5, 0.6) is 0 Å². The minimum atomic E-state index is -1.41. The second-order valence-corrected chi connectivity index (χ2v) is 2.42. The van der Waals surface area contributed by atoms with Gasteiger partial charge in [-0.25, -0.2) is 9.78 Å². The second kappa shape index (κ2) is 4.70. The zero-order chi connectivity index (χ0) is 11.3. The van der Waals surface area contributed by atoms with Crippen molar-refractivity contribution < 1.29 is 19.9 Å². The molecule has 1 amide bonds. The molecular formula is C8H7N3O4. The highest BCUT2D eigenvalue weighted by atomic mass is 16.4. The maximum absolute atomic E-state index is 10.6. The van der Waals surface area contributed by atoms with Crippen LogP contribution in [0.4, 0.5) is 5.82 Å². The number of nitrogens with one attached hydrogen (secondary N) is 1. The van der Waals surface area contributed by atoms with Gasteiger partial charge in [0.2, 0.25) is 12.1 Å².